The average molecular weight is 638 g/mol. The number of nitrogens with zero attached hydrogens (tertiary/aromatic N) is 7. The molecule has 1 amide bonds. The number of hydrogen-bond acceptors (Lipinski definition) is 9. The van der Waals surface area contributed by atoms with E-state index in [4.69, 9.17) is 21.1 Å². The first-order valence-electron chi connectivity index (χ1n) is 15.0. The first-order valence-corrected chi connectivity index (χ1v) is 15.3. The van der Waals surface area contributed by atoms with E-state index >= 15 is 4.39 Å². The number of aromatic nitrogens is 4. The molecular formula is C32H34ClF2N7O3. The van der Waals surface area contributed by atoms with Crippen molar-refractivity contribution < 1.29 is 23.0 Å². The fraction of sp³-hybridized carbons (Fsp3) is 0.406. The van der Waals surface area contributed by atoms with Crippen molar-refractivity contribution in [3.8, 4) is 17.3 Å². The highest BCUT2D eigenvalue weighted by molar-refractivity contribution is 6.36. The molecule has 2 fully saturated rings. The SMILES string of the molecule is C=C(F)C(=O)N1CCN(c2nc(OCCCN3C[C@H](C)OC[C@@H]3C)nc3c(F)c(-c4cncc5cccc(Cl)c45)ncc23)CC1. The summed E-state index contributed by atoms with van der Waals surface area (Å²) in [5.41, 5.74) is 0.527. The lowest BCUT2D eigenvalue weighted by atomic mass is 10.0. The Morgan fingerprint density at radius 2 is 1.96 bits per heavy atom. The Morgan fingerprint density at radius 1 is 1.16 bits per heavy atom. The van der Waals surface area contributed by atoms with Crippen molar-refractivity contribution >= 4 is 45.0 Å². The van der Waals surface area contributed by atoms with Crippen molar-refractivity contribution in [2.24, 2.45) is 0 Å². The van der Waals surface area contributed by atoms with Crippen LogP contribution in [0.25, 0.3) is 32.9 Å². The van der Waals surface area contributed by atoms with E-state index in [0.29, 0.717) is 65.9 Å². The minimum atomic E-state index is -1.01. The van der Waals surface area contributed by atoms with E-state index in [0.717, 1.165) is 18.5 Å². The second-order valence-electron chi connectivity index (χ2n) is 11.4. The minimum absolute atomic E-state index is 0.0293. The summed E-state index contributed by atoms with van der Waals surface area (Å²) >= 11 is 6.53. The molecule has 5 heterocycles. The lowest BCUT2D eigenvalue weighted by Gasteiger charge is -2.36. The quantitative estimate of drug-likeness (QED) is 0.194. The summed E-state index contributed by atoms with van der Waals surface area (Å²) in [5, 5.41) is 2.22. The largest absolute Gasteiger partial charge is 0.463 e. The van der Waals surface area contributed by atoms with Crippen molar-refractivity contribution in [1.82, 2.24) is 29.7 Å². The van der Waals surface area contributed by atoms with Gasteiger partial charge in [0.1, 0.15) is 17.0 Å². The van der Waals surface area contributed by atoms with Crippen LogP contribution in [0.3, 0.4) is 0 Å². The zero-order valence-corrected chi connectivity index (χ0v) is 25.9. The second-order valence-corrected chi connectivity index (χ2v) is 11.8. The molecule has 0 spiro atoms. The monoisotopic (exact) mass is 637 g/mol. The highest BCUT2D eigenvalue weighted by Crippen LogP contribution is 2.37. The van der Waals surface area contributed by atoms with Gasteiger partial charge in [-0.05, 0) is 26.3 Å². The first-order chi connectivity index (χ1) is 21.7. The summed E-state index contributed by atoms with van der Waals surface area (Å²) in [6.45, 7) is 11.1. The van der Waals surface area contributed by atoms with Crippen LogP contribution in [0.15, 0.2) is 49.2 Å². The van der Waals surface area contributed by atoms with Crippen LogP contribution in [0.2, 0.25) is 5.02 Å². The van der Waals surface area contributed by atoms with Crippen LogP contribution < -0.4 is 9.64 Å². The van der Waals surface area contributed by atoms with E-state index in [1.807, 2.05) is 11.0 Å². The third kappa shape index (κ3) is 6.40. The van der Waals surface area contributed by atoms with Gasteiger partial charge in [0.15, 0.2) is 11.6 Å². The van der Waals surface area contributed by atoms with Crippen LogP contribution in [0.1, 0.15) is 20.3 Å². The number of benzene rings is 1. The number of carbonyl (C=O) groups is 1. The number of rotatable bonds is 8. The minimum Gasteiger partial charge on any atom is -0.463 e. The molecule has 2 aliphatic heterocycles. The van der Waals surface area contributed by atoms with Crippen molar-refractivity contribution in [3.05, 3.63) is 60.0 Å². The molecular weight excluding hydrogens is 604 g/mol. The maximum atomic E-state index is 16.5. The number of carbonyl (C=O) groups excluding carboxylic acids is 1. The van der Waals surface area contributed by atoms with E-state index in [1.54, 1.807) is 18.3 Å². The third-order valence-corrected chi connectivity index (χ3v) is 8.60. The van der Waals surface area contributed by atoms with Gasteiger partial charge >= 0.3 is 6.01 Å². The number of fused-ring (bicyclic) bond motifs is 2. The summed E-state index contributed by atoms with van der Waals surface area (Å²) < 4.78 is 41.7. The summed E-state index contributed by atoms with van der Waals surface area (Å²) in [6, 6.07) is 5.73. The summed E-state index contributed by atoms with van der Waals surface area (Å²) in [6.07, 6.45) is 5.62. The topological polar surface area (TPSA) is 96.8 Å². The molecule has 0 bridgehead atoms. The van der Waals surface area contributed by atoms with Crippen molar-refractivity contribution in [3.63, 3.8) is 0 Å². The van der Waals surface area contributed by atoms with Gasteiger partial charge in [-0.1, -0.05) is 30.3 Å². The number of morpholine rings is 1. The summed E-state index contributed by atoms with van der Waals surface area (Å²) in [5.74, 6) is -1.98. The molecule has 2 saturated heterocycles. The van der Waals surface area contributed by atoms with E-state index < -0.39 is 17.6 Å². The van der Waals surface area contributed by atoms with Crippen LogP contribution in [-0.4, -0.2) is 100 Å². The standard InChI is InChI=1S/C32H34ClF2N7O3/c1-19-18-45-20(2)17-42(19)8-5-13-44-32-38-29-24(30(39-32)40-9-11-41(12-10-40)31(43)21(3)34)16-37-28(27(29)35)23-15-36-14-22-6-4-7-25(33)26(22)23/h4,6-7,14-16,19-20H,3,5,8-13,17-18H2,1-2H3/t19-,20-/m0/s1. The smallest absolute Gasteiger partial charge is 0.319 e. The molecule has 0 saturated carbocycles. The van der Waals surface area contributed by atoms with Gasteiger partial charge < -0.3 is 19.3 Å². The molecule has 4 aromatic rings. The van der Waals surface area contributed by atoms with Gasteiger partial charge in [-0.3, -0.25) is 19.7 Å². The Bertz CT molecular complexity index is 1750. The number of halogens is 3. The maximum absolute atomic E-state index is 16.5. The third-order valence-electron chi connectivity index (χ3n) is 8.29. The van der Waals surface area contributed by atoms with Gasteiger partial charge in [-0.15, -0.1) is 0 Å². The zero-order chi connectivity index (χ0) is 31.7. The van der Waals surface area contributed by atoms with Crippen molar-refractivity contribution in [2.75, 3.05) is 57.4 Å². The molecule has 6 rings (SSSR count). The number of hydrogen-bond donors (Lipinski definition) is 0. The highest BCUT2D eigenvalue weighted by Gasteiger charge is 2.28. The fourth-order valence-electron chi connectivity index (χ4n) is 5.89. The van der Waals surface area contributed by atoms with E-state index in [9.17, 15) is 9.18 Å². The van der Waals surface area contributed by atoms with E-state index in [-0.39, 0.29) is 36.4 Å². The second kappa shape index (κ2) is 13.2. The fourth-order valence-corrected chi connectivity index (χ4v) is 6.17. The summed E-state index contributed by atoms with van der Waals surface area (Å²) in [7, 11) is 0. The Hall–Kier alpha value is -4.00. The van der Waals surface area contributed by atoms with Crippen LogP contribution in [0.5, 0.6) is 6.01 Å². The molecule has 13 heteroatoms. The summed E-state index contributed by atoms with van der Waals surface area (Å²) in [4.78, 5) is 35.8. The lowest BCUT2D eigenvalue weighted by Crippen LogP contribution is -2.49. The molecule has 1 aromatic carbocycles. The molecule has 2 aliphatic rings. The molecule has 236 valence electrons. The van der Waals surface area contributed by atoms with Crippen molar-refractivity contribution in [1.29, 1.82) is 0 Å². The Labute approximate surface area is 264 Å². The van der Waals surface area contributed by atoms with E-state index in [1.165, 1.54) is 17.3 Å². The molecule has 0 unspecified atom stereocenters. The van der Waals surface area contributed by atoms with Crippen LogP contribution in [-0.2, 0) is 9.53 Å². The number of piperazine rings is 1. The average Bonchev–Trinajstić information content (AvgIpc) is 3.04. The van der Waals surface area contributed by atoms with Gasteiger partial charge in [-0.2, -0.15) is 9.97 Å². The molecule has 2 atom stereocenters. The van der Waals surface area contributed by atoms with Gasteiger partial charge in [0, 0.05) is 85.3 Å². The Kier molecular flexibility index (Phi) is 9.06. The molecule has 0 radical (unpaired) electrons. The van der Waals surface area contributed by atoms with Gasteiger partial charge in [0.2, 0.25) is 0 Å². The normalized spacial score (nSPS) is 19.3. The highest BCUT2D eigenvalue weighted by atomic mass is 35.5. The van der Waals surface area contributed by atoms with Crippen molar-refractivity contribution in [2.45, 2.75) is 32.4 Å². The molecule has 0 aliphatic carbocycles. The Morgan fingerprint density at radius 3 is 2.73 bits per heavy atom. The predicted octanol–water partition coefficient (Wildman–Crippen LogP) is 5.04. The number of anilines is 1. The lowest BCUT2D eigenvalue weighted by molar-refractivity contribution is -0.128. The van der Waals surface area contributed by atoms with Gasteiger partial charge in [0.05, 0.1) is 24.7 Å². The van der Waals surface area contributed by atoms with Crippen LogP contribution in [0, 0.1) is 5.82 Å². The van der Waals surface area contributed by atoms with Gasteiger partial charge in [0.25, 0.3) is 5.91 Å². The number of pyridine rings is 2. The van der Waals surface area contributed by atoms with E-state index in [2.05, 4.69) is 45.3 Å². The molecule has 45 heavy (non-hydrogen) atoms. The molecule has 10 nitrogen and oxygen atoms in total. The maximum Gasteiger partial charge on any atom is 0.319 e. The first kappa shape index (κ1) is 31.0. The molecule has 0 N–H and O–H groups in total. The number of ether oxygens (including phenoxy) is 2. The predicted molar refractivity (Wildman–Crippen MR) is 169 cm³/mol. The van der Waals surface area contributed by atoms with Gasteiger partial charge in [-0.25, -0.2) is 8.78 Å². The van der Waals surface area contributed by atoms with Crippen LogP contribution >= 0.6 is 11.6 Å². The number of amides is 1. The zero-order valence-electron chi connectivity index (χ0n) is 25.2. The molecule has 3 aromatic heterocycles. The van der Waals surface area contributed by atoms with Crippen LogP contribution in [0.4, 0.5) is 14.6 Å². The Balaban J connectivity index is 1.33.